The first-order valence-electron chi connectivity index (χ1n) is 4.63. The molecule has 0 aromatic rings. The molecular formula is C9H13ClO4. The first-order valence-corrected chi connectivity index (χ1v) is 5.17. The van der Waals surface area contributed by atoms with E-state index in [2.05, 4.69) is 4.74 Å². The maximum absolute atomic E-state index is 11.1. The number of halogens is 1. The molecule has 4 nitrogen and oxygen atoms in total. The van der Waals surface area contributed by atoms with Crippen LogP contribution in [0.2, 0.25) is 0 Å². The summed E-state index contributed by atoms with van der Waals surface area (Å²) in [6.45, 7) is -0.331. The molecular weight excluding hydrogens is 208 g/mol. The molecule has 0 spiro atoms. The lowest BCUT2D eigenvalue weighted by atomic mass is 10.3. The summed E-state index contributed by atoms with van der Waals surface area (Å²) in [7, 11) is 0. The monoisotopic (exact) mass is 220 g/mol. The fourth-order valence-corrected chi connectivity index (χ4v) is 1.48. The van der Waals surface area contributed by atoms with Gasteiger partial charge in [-0.3, -0.25) is 4.79 Å². The Balaban J connectivity index is 2.12. The minimum absolute atomic E-state index is 0.0113. The second-order valence-electron chi connectivity index (χ2n) is 3.19. The summed E-state index contributed by atoms with van der Waals surface area (Å²) >= 11 is 5.18. The van der Waals surface area contributed by atoms with Gasteiger partial charge in [0.2, 0.25) is 0 Å². The normalized spacial score (nSPS) is 16.6. The van der Waals surface area contributed by atoms with Crippen molar-refractivity contribution < 1.29 is 19.1 Å². The van der Waals surface area contributed by atoms with E-state index in [-0.39, 0.29) is 18.6 Å². The van der Waals surface area contributed by atoms with Gasteiger partial charge in [-0.1, -0.05) is 0 Å². The topological polar surface area (TPSA) is 52.6 Å². The van der Waals surface area contributed by atoms with Crippen molar-refractivity contribution in [3.8, 4) is 0 Å². The van der Waals surface area contributed by atoms with E-state index >= 15 is 0 Å². The van der Waals surface area contributed by atoms with Crippen molar-refractivity contribution in [2.75, 3.05) is 12.5 Å². The van der Waals surface area contributed by atoms with Crippen LogP contribution in [0.15, 0.2) is 0 Å². The summed E-state index contributed by atoms with van der Waals surface area (Å²) in [5.41, 5.74) is 0. The van der Waals surface area contributed by atoms with Crippen LogP contribution in [0.25, 0.3) is 0 Å². The highest BCUT2D eigenvalue weighted by molar-refractivity contribution is 6.26. The van der Waals surface area contributed by atoms with Crippen molar-refractivity contribution in [2.24, 2.45) is 0 Å². The smallest absolute Gasteiger partial charge is 0.344 e. The number of ether oxygens (including phenoxy) is 2. The molecule has 0 unspecified atom stereocenters. The Bertz CT molecular complexity index is 211. The number of rotatable bonds is 4. The molecule has 0 saturated heterocycles. The maximum Gasteiger partial charge on any atom is 0.344 e. The van der Waals surface area contributed by atoms with Crippen LogP contribution in [0.3, 0.4) is 0 Å². The van der Waals surface area contributed by atoms with Gasteiger partial charge in [-0.25, -0.2) is 4.79 Å². The van der Waals surface area contributed by atoms with E-state index in [1.165, 1.54) is 0 Å². The van der Waals surface area contributed by atoms with Crippen LogP contribution in [-0.2, 0) is 19.1 Å². The Hall–Kier alpha value is -0.770. The van der Waals surface area contributed by atoms with Crippen LogP contribution in [-0.4, -0.2) is 30.5 Å². The van der Waals surface area contributed by atoms with Crippen molar-refractivity contribution in [3.05, 3.63) is 0 Å². The van der Waals surface area contributed by atoms with E-state index in [1.807, 2.05) is 0 Å². The van der Waals surface area contributed by atoms with Gasteiger partial charge in [-0.2, -0.15) is 0 Å². The van der Waals surface area contributed by atoms with Gasteiger partial charge in [0, 0.05) is 0 Å². The van der Waals surface area contributed by atoms with E-state index in [0.717, 1.165) is 25.7 Å². The van der Waals surface area contributed by atoms with Gasteiger partial charge in [0.05, 0.1) is 0 Å². The molecule has 0 aromatic carbocycles. The molecule has 80 valence electrons. The molecule has 0 N–H and O–H groups in total. The summed E-state index contributed by atoms with van der Waals surface area (Å²) in [4.78, 5) is 21.7. The average Bonchev–Trinajstić information content (AvgIpc) is 2.66. The molecule has 1 saturated carbocycles. The lowest BCUT2D eigenvalue weighted by Crippen LogP contribution is -2.21. The predicted molar refractivity (Wildman–Crippen MR) is 50.0 cm³/mol. The van der Waals surface area contributed by atoms with Crippen molar-refractivity contribution in [2.45, 2.75) is 31.8 Å². The Labute approximate surface area is 87.5 Å². The van der Waals surface area contributed by atoms with Crippen molar-refractivity contribution >= 4 is 23.5 Å². The molecule has 0 heterocycles. The van der Waals surface area contributed by atoms with Gasteiger partial charge in [0.15, 0.2) is 6.61 Å². The molecule has 1 fully saturated rings. The zero-order valence-electron chi connectivity index (χ0n) is 7.83. The van der Waals surface area contributed by atoms with Crippen LogP contribution in [0, 0.1) is 0 Å². The highest BCUT2D eigenvalue weighted by Gasteiger charge is 2.19. The third-order valence-electron chi connectivity index (χ3n) is 2.06. The zero-order valence-corrected chi connectivity index (χ0v) is 8.59. The molecule has 0 atom stereocenters. The second-order valence-corrected chi connectivity index (χ2v) is 3.46. The van der Waals surface area contributed by atoms with E-state index in [0.29, 0.717) is 0 Å². The van der Waals surface area contributed by atoms with Gasteiger partial charge < -0.3 is 9.47 Å². The number of hydrogen-bond donors (Lipinski definition) is 0. The van der Waals surface area contributed by atoms with Gasteiger partial charge in [-0.05, 0) is 25.7 Å². The van der Waals surface area contributed by atoms with Gasteiger partial charge >= 0.3 is 11.9 Å². The van der Waals surface area contributed by atoms with E-state index in [1.54, 1.807) is 0 Å². The Morgan fingerprint density at radius 3 is 2.43 bits per heavy atom. The minimum atomic E-state index is -0.602. The molecule has 0 aromatic heterocycles. The number of hydrogen-bond acceptors (Lipinski definition) is 4. The van der Waals surface area contributed by atoms with E-state index in [4.69, 9.17) is 16.3 Å². The van der Waals surface area contributed by atoms with Gasteiger partial charge in [0.25, 0.3) is 0 Å². The first-order chi connectivity index (χ1) is 6.72. The summed E-state index contributed by atoms with van der Waals surface area (Å²) in [5.74, 6) is -1.33. The second kappa shape index (κ2) is 5.86. The van der Waals surface area contributed by atoms with Gasteiger partial charge in [0.1, 0.15) is 12.0 Å². The largest absolute Gasteiger partial charge is 0.460 e. The SMILES string of the molecule is O=C(CCl)OCC(=O)OC1CCCC1. The Morgan fingerprint density at radius 1 is 1.21 bits per heavy atom. The molecule has 5 heteroatoms. The molecule has 0 radical (unpaired) electrons. The summed E-state index contributed by atoms with van der Waals surface area (Å²) < 4.78 is 9.56. The average molecular weight is 221 g/mol. The first kappa shape index (κ1) is 11.3. The van der Waals surface area contributed by atoms with Crippen molar-refractivity contribution in [1.29, 1.82) is 0 Å². The van der Waals surface area contributed by atoms with Crippen molar-refractivity contribution in [3.63, 3.8) is 0 Å². The number of alkyl halides is 1. The van der Waals surface area contributed by atoms with Crippen LogP contribution in [0.5, 0.6) is 0 Å². The van der Waals surface area contributed by atoms with Crippen LogP contribution >= 0.6 is 11.6 Å². The number of carbonyl (C=O) groups is 2. The molecule has 0 amide bonds. The summed E-state index contributed by atoms with van der Waals surface area (Å²) in [6.07, 6.45) is 4.03. The third kappa shape index (κ3) is 3.96. The standard InChI is InChI=1S/C9H13ClO4/c10-5-8(11)13-6-9(12)14-7-3-1-2-4-7/h7H,1-6H2. The Morgan fingerprint density at radius 2 is 1.86 bits per heavy atom. The zero-order chi connectivity index (χ0) is 10.4. The van der Waals surface area contributed by atoms with E-state index < -0.39 is 11.9 Å². The lowest BCUT2D eigenvalue weighted by molar-refractivity contribution is -0.160. The van der Waals surface area contributed by atoms with Crippen LogP contribution < -0.4 is 0 Å². The quantitative estimate of drug-likeness (QED) is 0.529. The highest BCUT2D eigenvalue weighted by Crippen LogP contribution is 2.20. The van der Waals surface area contributed by atoms with Gasteiger partial charge in [-0.15, -0.1) is 11.6 Å². The number of esters is 2. The molecule has 0 aliphatic heterocycles. The Kier molecular flexibility index (Phi) is 4.73. The fourth-order valence-electron chi connectivity index (χ4n) is 1.40. The maximum atomic E-state index is 11.1. The van der Waals surface area contributed by atoms with Crippen LogP contribution in [0.1, 0.15) is 25.7 Å². The lowest BCUT2D eigenvalue weighted by Gasteiger charge is -2.10. The summed E-state index contributed by atoms with van der Waals surface area (Å²) in [6, 6.07) is 0. The van der Waals surface area contributed by atoms with Crippen LogP contribution in [0.4, 0.5) is 0 Å². The predicted octanol–water partition coefficient (Wildman–Crippen LogP) is 1.25. The molecule has 1 rings (SSSR count). The van der Waals surface area contributed by atoms with Crippen molar-refractivity contribution in [1.82, 2.24) is 0 Å². The third-order valence-corrected chi connectivity index (χ3v) is 2.28. The summed E-state index contributed by atoms with van der Waals surface area (Å²) in [5, 5.41) is 0. The molecule has 14 heavy (non-hydrogen) atoms. The number of carbonyl (C=O) groups excluding carboxylic acids is 2. The highest BCUT2D eigenvalue weighted by atomic mass is 35.5. The molecule has 0 bridgehead atoms. The minimum Gasteiger partial charge on any atom is -0.460 e. The van der Waals surface area contributed by atoms with E-state index in [9.17, 15) is 9.59 Å². The fraction of sp³-hybridized carbons (Fsp3) is 0.778. The molecule has 1 aliphatic carbocycles. The molecule has 1 aliphatic rings.